The van der Waals surface area contributed by atoms with Crippen molar-refractivity contribution in [3.05, 3.63) is 70.8 Å². The second kappa shape index (κ2) is 5.12. The van der Waals surface area contributed by atoms with E-state index in [-0.39, 0.29) is 0 Å². The number of amidine groups is 1. The summed E-state index contributed by atoms with van der Waals surface area (Å²) in [6, 6.07) is 17.5. The molecule has 1 unspecified atom stereocenters. The van der Waals surface area contributed by atoms with Crippen molar-refractivity contribution in [1.29, 1.82) is 0 Å². The van der Waals surface area contributed by atoms with Crippen molar-refractivity contribution in [2.24, 2.45) is 4.99 Å². The monoisotopic (exact) mass is 264 g/mol. The van der Waals surface area contributed by atoms with Gasteiger partial charge in [-0.3, -0.25) is 4.99 Å². The van der Waals surface area contributed by atoms with Crippen LogP contribution in [0, 0.1) is 13.8 Å². The molecule has 2 aromatic rings. The lowest BCUT2D eigenvalue weighted by Crippen LogP contribution is -2.27. The molecule has 2 aromatic carbocycles. The fourth-order valence-electron chi connectivity index (χ4n) is 2.74. The Balaban J connectivity index is 1.87. The molecule has 2 heteroatoms. The van der Waals surface area contributed by atoms with Crippen LogP contribution in [-0.4, -0.2) is 24.3 Å². The van der Waals surface area contributed by atoms with Crippen LogP contribution in [0.4, 0.5) is 0 Å². The predicted molar refractivity (Wildman–Crippen MR) is 84.3 cm³/mol. The second-order valence-corrected chi connectivity index (χ2v) is 5.50. The minimum atomic E-state index is 0.351. The summed E-state index contributed by atoms with van der Waals surface area (Å²) in [4.78, 5) is 7.03. The molecule has 2 nitrogen and oxygen atoms in total. The van der Waals surface area contributed by atoms with Crippen molar-refractivity contribution >= 4 is 5.84 Å². The van der Waals surface area contributed by atoms with Crippen LogP contribution in [0.25, 0.3) is 0 Å². The summed E-state index contributed by atoms with van der Waals surface area (Å²) in [5, 5.41) is 0. The Labute approximate surface area is 120 Å². The van der Waals surface area contributed by atoms with E-state index in [1.54, 1.807) is 0 Å². The molecule has 1 atom stereocenters. The van der Waals surface area contributed by atoms with Crippen LogP contribution in [0.1, 0.15) is 28.3 Å². The van der Waals surface area contributed by atoms with Gasteiger partial charge in [-0.1, -0.05) is 48.5 Å². The third-order valence-corrected chi connectivity index (χ3v) is 4.16. The zero-order valence-corrected chi connectivity index (χ0v) is 12.3. The molecule has 0 saturated heterocycles. The normalized spacial score (nSPS) is 18.2. The summed E-state index contributed by atoms with van der Waals surface area (Å²) in [6.07, 6.45) is 0. The van der Waals surface area contributed by atoms with Gasteiger partial charge in [-0.05, 0) is 30.5 Å². The Morgan fingerprint density at radius 3 is 2.45 bits per heavy atom. The number of aryl methyl sites for hydroxylation is 2. The first-order valence-corrected chi connectivity index (χ1v) is 7.06. The van der Waals surface area contributed by atoms with Gasteiger partial charge in [-0.2, -0.15) is 0 Å². The first-order chi connectivity index (χ1) is 9.66. The minimum Gasteiger partial charge on any atom is -0.351 e. The number of benzene rings is 2. The van der Waals surface area contributed by atoms with Crippen LogP contribution >= 0.6 is 0 Å². The maximum absolute atomic E-state index is 4.74. The molecule has 0 spiro atoms. The van der Waals surface area contributed by atoms with Crippen molar-refractivity contribution in [2.75, 3.05) is 13.6 Å². The highest BCUT2D eigenvalue weighted by atomic mass is 15.2. The summed E-state index contributed by atoms with van der Waals surface area (Å²) < 4.78 is 0. The Bertz CT molecular complexity index is 644. The van der Waals surface area contributed by atoms with Crippen molar-refractivity contribution in [3.63, 3.8) is 0 Å². The number of nitrogens with zero attached hydrogens (tertiary/aromatic N) is 2. The van der Waals surface area contributed by atoms with Crippen molar-refractivity contribution in [1.82, 2.24) is 4.90 Å². The maximum atomic E-state index is 4.74. The average Bonchev–Trinajstić information content (AvgIpc) is 2.85. The van der Waals surface area contributed by atoms with Gasteiger partial charge in [0.1, 0.15) is 5.84 Å². The fraction of sp³-hybridized carbons (Fsp3) is 0.278. The third-order valence-electron chi connectivity index (χ3n) is 4.16. The topological polar surface area (TPSA) is 15.6 Å². The average molecular weight is 264 g/mol. The standard InChI is InChI=1S/C18H20N2/c1-13-9-10-16(11-14(13)2)17-12-19-18(20(17)3)15-7-5-4-6-8-15/h4-11,17H,12H2,1-3H3. The van der Waals surface area contributed by atoms with Crippen molar-refractivity contribution in [2.45, 2.75) is 19.9 Å². The van der Waals surface area contributed by atoms with Crippen LogP contribution in [0.15, 0.2) is 53.5 Å². The number of hydrogen-bond acceptors (Lipinski definition) is 2. The molecule has 3 rings (SSSR count). The molecule has 0 amide bonds. The van der Waals surface area contributed by atoms with Crippen molar-refractivity contribution < 1.29 is 0 Å². The number of hydrogen-bond donors (Lipinski definition) is 0. The van der Waals surface area contributed by atoms with Gasteiger partial charge in [0.25, 0.3) is 0 Å². The lowest BCUT2D eigenvalue weighted by atomic mass is 10.0. The van der Waals surface area contributed by atoms with E-state index >= 15 is 0 Å². The van der Waals surface area contributed by atoms with E-state index in [0.29, 0.717) is 6.04 Å². The van der Waals surface area contributed by atoms with Crippen LogP contribution in [0.5, 0.6) is 0 Å². The Hall–Kier alpha value is -2.09. The van der Waals surface area contributed by atoms with Gasteiger partial charge < -0.3 is 4.90 Å². The van der Waals surface area contributed by atoms with Gasteiger partial charge in [0.15, 0.2) is 0 Å². The summed E-state index contributed by atoms with van der Waals surface area (Å²) in [6.45, 7) is 5.17. The molecule has 1 aliphatic rings. The molecule has 20 heavy (non-hydrogen) atoms. The maximum Gasteiger partial charge on any atom is 0.131 e. The van der Waals surface area contributed by atoms with Crippen LogP contribution in [0.2, 0.25) is 0 Å². The Morgan fingerprint density at radius 2 is 1.75 bits per heavy atom. The first kappa shape index (κ1) is 12.9. The Kier molecular flexibility index (Phi) is 3.31. The molecule has 0 aliphatic carbocycles. The molecule has 102 valence electrons. The minimum absolute atomic E-state index is 0.351. The van der Waals surface area contributed by atoms with E-state index in [1.165, 1.54) is 22.3 Å². The highest BCUT2D eigenvalue weighted by Crippen LogP contribution is 2.28. The van der Waals surface area contributed by atoms with Gasteiger partial charge in [-0.15, -0.1) is 0 Å². The smallest absolute Gasteiger partial charge is 0.131 e. The van der Waals surface area contributed by atoms with E-state index in [4.69, 9.17) is 4.99 Å². The molecule has 1 aliphatic heterocycles. The summed E-state index contributed by atoms with van der Waals surface area (Å²) in [7, 11) is 2.14. The highest BCUT2D eigenvalue weighted by Gasteiger charge is 2.26. The van der Waals surface area contributed by atoms with E-state index in [2.05, 4.69) is 68.3 Å². The van der Waals surface area contributed by atoms with E-state index < -0.39 is 0 Å². The summed E-state index contributed by atoms with van der Waals surface area (Å²) in [5.41, 5.74) is 5.24. The van der Waals surface area contributed by atoms with Gasteiger partial charge in [0.05, 0.1) is 12.6 Å². The zero-order chi connectivity index (χ0) is 14.1. The molecule has 0 radical (unpaired) electrons. The molecule has 0 aromatic heterocycles. The highest BCUT2D eigenvalue weighted by molar-refractivity contribution is 5.99. The van der Waals surface area contributed by atoms with Gasteiger partial charge in [0, 0.05) is 12.6 Å². The summed E-state index contributed by atoms with van der Waals surface area (Å²) in [5.74, 6) is 1.09. The van der Waals surface area contributed by atoms with Gasteiger partial charge in [-0.25, -0.2) is 0 Å². The lowest BCUT2D eigenvalue weighted by Gasteiger charge is -2.24. The van der Waals surface area contributed by atoms with Gasteiger partial charge in [0.2, 0.25) is 0 Å². The number of aliphatic imine (C=N–C) groups is 1. The zero-order valence-electron chi connectivity index (χ0n) is 12.3. The van der Waals surface area contributed by atoms with Crippen LogP contribution < -0.4 is 0 Å². The van der Waals surface area contributed by atoms with Crippen molar-refractivity contribution in [3.8, 4) is 0 Å². The summed E-state index contributed by atoms with van der Waals surface area (Å²) >= 11 is 0. The van der Waals surface area contributed by atoms with Crippen LogP contribution in [-0.2, 0) is 0 Å². The van der Waals surface area contributed by atoms with Gasteiger partial charge >= 0.3 is 0 Å². The molecular formula is C18H20N2. The SMILES string of the molecule is Cc1ccc(C2CN=C(c3ccccc3)N2C)cc1C. The molecule has 1 heterocycles. The third kappa shape index (κ3) is 2.22. The lowest BCUT2D eigenvalue weighted by molar-refractivity contribution is 0.417. The molecular weight excluding hydrogens is 244 g/mol. The molecule has 0 fully saturated rings. The molecule has 0 bridgehead atoms. The fourth-order valence-corrected chi connectivity index (χ4v) is 2.74. The van der Waals surface area contributed by atoms with E-state index in [9.17, 15) is 0 Å². The molecule has 0 N–H and O–H groups in total. The molecule has 0 saturated carbocycles. The van der Waals surface area contributed by atoms with Crippen LogP contribution in [0.3, 0.4) is 0 Å². The van der Waals surface area contributed by atoms with E-state index in [0.717, 1.165) is 12.4 Å². The quantitative estimate of drug-likeness (QED) is 0.807. The number of rotatable bonds is 2. The van der Waals surface area contributed by atoms with E-state index in [1.807, 2.05) is 6.07 Å². The first-order valence-electron chi connectivity index (χ1n) is 7.06. The second-order valence-electron chi connectivity index (χ2n) is 5.50. The predicted octanol–water partition coefficient (Wildman–Crippen LogP) is 3.74. The Morgan fingerprint density at radius 1 is 1.00 bits per heavy atom. The number of likely N-dealkylation sites (N-methyl/N-ethyl adjacent to an activating group) is 1. The largest absolute Gasteiger partial charge is 0.351 e.